The van der Waals surface area contributed by atoms with Crippen LogP contribution in [0.2, 0.25) is 0 Å². The third kappa shape index (κ3) is 11.2. The number of sulfonamides is 1. The van der Waals surface area contributed by atoms with Gasteiger partial charge in [-0.3, -0.25) is 9.78 Å². The molecule has 47 heavy (non-hydrogen) atoms. The van der Waals surface area contributed by atoms with Gasteiger partial charge in [0.15, 0.2) is 0 Å². The standard InChI is InChI=1S/C34H46N6O6S/c1-24(2)21-40(47(45,46)29-16-14-27(15-17-29)20-36-44)23-31(41)30(19-26-11-7-6-8-12-26)37-33(42)32(25(3)4)38-34(43)39(5)22-28-13-9-10-18-35-28/h6-18,20,24-25,30-32,41,44H,19,21-23H2,1-5H3,(H,37,42)(H,38,43)/b36-20+/t30-,31+,32?/m0/s1. The van der Waals surface area contributed by atoms with Crippen LogP contribution in [0.15, 0.2) is 89.0 Å². The molecule has 1 aromatic heterocycles. The molecule has 0 saturated carbocycles. The monoisotopic (exact) mass is 666 g/mol. The maximum Gasteiger partial charge on any atom is 0.318 e. The first-order valence-corrected chi connectivity index (χ1v) is 17.0. The Morgan fingerprint density at radius 3 is 2.17 bits per heavy atom. The number of pyridine rings is 1. The number of urea groups is 1. The van der Waals surface area contributed by atoms with Crippen molar-refractivity contribution in [2.24, 2.45) is 17.0 Å². The van der Waals surface area contributed by atoms with Crippen molar-refractivity contribution < 1.29 is 28.3 Å². The highest BCUT2D eigenvalue weighted by Crippen LogP contribution is 2.20. The van der Waals surface area contributed by atoms with Crippen molar-refractivity contribution in [3.05, 3.63) is 95.8 Å². The van der Waals surface area contributed by atoms with E-state index in [0.29, 0.717) is 11.3 Å². The second kappa shape index (κ2) is 17.5. The summed E-state index contributed by atoms with van der Waals surface area (Å²) in [6.07, 6.45) is 1.75. The molecule has 3 atom stereocenters. The number of nitrogens with zero attached hydrogens (tertiary/aromatic N) is 4. The SMILES string of the molecule is CC(C)CN(C[C@@H](O)[C@H](Cc1ccccc1)NC(=O)C(NC(=O)N(C)Cc1ccccn1)C(C)C)S(=O)(=O)c1ccc(/C=N/O)cc1. The van der Waals surface area contributed by atoms with Gasteiger partial charge in [0, 0.05) is 26.3 Å². The van der Waals surface area contributed by atoms with Crippen LogP contribution in [0.3, 0.4) is 0 Å². The molecule has 254 valence electrons. The third-order valence-corrected chi connectivity index (χ3v) is 9.32. The number of carbonyl (C=O) groups is 2. The van der Waals surface area contributed by atoms with Crippen molar-refractivity contribution in [1.82, 2.24) is 24.8 Å². The van der Waals surface area contributed by atoms with Crippen molar-refractivity contribution >= 4 is 28.2 Å². The summed E-state index contributed by atoms with van der Waals surface area (Å²) in [6, 6.07) is 18.3. The number of aliphatic hydroxyl groups excluding tert-OH is 1. The number of amides is 3. The van der Waals surface area contributed by atoms with E-state index in [9.17, 15) is 23.1 Å². The molecule has 1 unspecified atom stereocenters. The number of hydrogen-bond donors (Lipinski definition) is 4. The first kappa shape index (κ1) is 37.1. The Hall–Kier alpha value is -4.33. The van der Waals surface area contributed by atoms with Crippen LogP contribution < -0.4 is 10.6 Å². The predicted octanol–water partition coefficient (Wildman–Crippen LogP) is 3.49. The van der Waals surface area contributed by atoms with Gasteiger partial charge in [0.2, 0.25) is 15.9 Å². The van der Waals surface area contributed by atoms with Gasteiger partial charge in [-0.25, -0.2) is 13.2 Å². The minimum absolute atomic E-state index is 0.0153. The Balaban J connectivity index is 1.84. The van der Waals surface area contributed by atoms with E-state index >= 15 is 0 Å². The number of oxime groups is 1. The lowest BCUT2D eigenvalue weighted by atomic mass is 9.98. The zero-order valence-electron chi connectivity index (χ0n) is 27.5. The highest BCUT2D eigenvalue weighted by molar-refractivity contribution is 7.89. The smallest absolute Gasteiger partial charge is 0.318 e. The second-order valence-electron chi connectivity index (χ2n) is 12.2. The molecular formula is C34H46N6O6S. The molecule has 0 radical (unpaired) electrons. The van der Waals surface area contributed by atoms with Gasteiger partial charge in [-0.15, -0.1) is 0 Å². The summed E-state index contributed by atoms with van der Waals surface area (Å²) in [6.45, 7) is 7.44. The maximum absolute atomic E-state index is 13.8. The number of aromatic nitrogens is 1. The van der Waals surface area contributed by atoms with Gasteiger partial charge in [0.25, 0.3) is 0 Å². The van der Waals surface area contributed by atoms with Crippen molar-refractivity contribution in [2.75, 3.05) is 20.1 Å². The fraction of sp³-hybridized carbons (Fsp3) is 0.412. The van der Waals surface area contributed by atoms with Gasteiger partial charge in [-0.1, -0.05) is 81.4 Å². The average molecular weight is 667 g/mol. The zero-order valence-corrected chi connectivity index (χ0v) is 28.3. The van der Waals surface area contributed by atoms with Gasteiger partial charge in [0.1, 0.15) is 6.04 Å². The molecule has 3 amide bonds. The van der Waals surface area contributed by atoms with E-state index in [4.69, 9.17) is 5.21 Å². The Labute approximate surface area is 277 Å². The largest absolute Gasteiger partial charge is 0.411 e. The van der Waals surface area contributed by atoms with Gasteiger partial charge < -0.3 is 25.8 Å². The number of hydrogen-bond acceptors (Lipinski definition) is 8. The molecule has 0 spiro atoms. The van der Waals surface area contributed by atoms with Crippen LogP contribution in [0.1, 0.15) is 44.5 Å². The van der Waals surface area contributed by atoms with E-state index in [0.717, 1.165) is 5.56 Å². The van der Waals surface area contributed by atoms with Crippen molar-refractivity contribution in [3.8, 4) is 0 Å². The summed E-state index contributed by atoms with van der Waals surface area (Å²) < 4.78 is 28.8. The molecule has 0 saturated heterocycles. The van der Waals surface area contributed by atoms with E-state index in [2.05, 4.69) is 20.8 Å². The molecule has 3 rings (SSSR count). The lowest BCUT2D eigenvalue weighted by Gasteiger charge is -2.32. The molecule has 2 aromatic carbocycles. The van der Waals surface area contributed by atoms with Crippen LogP contribution in [0, 0.1) is 11.8 Å². The lowest BCUT2D eigenvalue weighted by Crippen LogP contribution is -2.58. The van der Waals surface area contributed by atoms with E-state index < -0.39 is 40.1 Å². The highest BCUT2D eigenvalue weighted by atomic mass is 32.2. The molecule has 3 aromatic rings. The summed E-state index contributed by atoms with van der Waals surface area (Å²) in [7, 11) is -2.44. The van der Waals surface area contributed by atoms with Gasteiger partial charge in [-0.05, 0) is 53.6 Å². The second-order valence-corrected chi connectivity index (χ2v) is 14.2. The van der Waals surface area contributed by atoms with Crippen LogP contribution in [-0.2, 0) is 27.8 Å². The molecule has 0 bridgehead atoms. The Morgan fingerprint density at radius 2 is 1.60 bits per heavy atom. The summed E-state index contributed by atoms with van der Waals surface area (Å²) in [5, 5.41) is 29.1. The quantitative estimate of drug-likeness (QED) is 0.103. The van der Waals surface area contributed by atoms with Crippen molar-refractivity contribution in [2.45, 2.75) is 63.7 Å². The van der Waals surface area contributed by atoms with Crippen LogP contribution >= 0.6 is 0 Å². The van der Waals surface area contributed by atoms with Crippen LogP contribution in [0.25, 0.3) is 0 Å². The van der Waals surface area contributed by atoms with Gasteiger partial charge >= 0.3 is 6.03 Å². The predicted molar refractivity (Wildman–Crippen MR) is 180 cm³/mol. The summed E-state index contributed by atoms with van der Waals surface area (Å²) in [5.74, 6) is -0.865. The molecule has 0 aliphatic heterocycles. The van der Waals surface area contributed by atoms with Crippen molar-refractivity contribution in [3.63, 3.8) is 0 Å². The fourth-order valence-corrected chi connectivity index (χ4v) is 6.59. The zero-order chi connectivity index (χ0) is 34.6. The van der Waals surface area contributed by atoms with E-state index in [-0.39, 0.29) is 42.8 Å². The molecule has 0 aliphatic carbocycles. The van der Waals surface area contributed by atoms with Crippen LogP contribution in [0.4, 0.5) is 4.79 Å². The number of carbonyl (C=O) groups excluding carboxylic acids is 2. The molecule has 0 fully saturated rings. The third-order valence-electron chi connectivity index (χ3n) is 7.47. The minimum Gasteiger partial charge on any atom is -0.411 e. The molecule has 1 heterocycles. The number of rotatable bonds is 16. The Kier molecular flexibility index (Phi) is 13.9. The van der Waals surface area contributed by atoms with Crippen LogP contribution in [-0.4, -0.2) is 89.4 Å². The normalized spacial score (nSPS) is 13.9. The minimum atomic E-state index is -4.05. The summed E-state index contributed by atoms with van der Waals surface area (Å²) in [4.78, 5) is 32.5. The first-order chi connectivity index (χ1) is 22.3. The van der Waals surface area contributed by atoms with E-state index in [1.54, 1.807) is 39.2 Å². The molecule has 13 heteroatoms. The fourth-order valence-electron chi connectivity index (χ4n) is 4.96. The Morgan fingerprint density at radius 1 is 0.936 bits per heavy atom. The molecular weight excluding hydrogens is 620 g/mol. The summed E-state index contributed by atoms with van der Waals surface area (Å²) >= 11 is 0. The van der Waals surface area contributed by atoms with E-state index in [1.807, 2.05) is 50.2 Å². The highest BCUT2D eigenvalue weighted by Gasteiger charge is 2.33. The lowest BCUT2D eigenvalue weighted by molar-refractivity contribution is -0.125. The summed E-state index contributed by atoms with van der Waals surface area (Å²) in [5.41, 5.74) is 2.04. The van der Waals surface area contributed by atoms with Gasteiger partial charge in [-0.2, -0.15) is 4.31 Å². The average Bonchev–Trinajstić information content (AvgIpc) is 3.03. The van der Waals surface area contributed by atoms with Crippen molar-refractivity contribution in [1.29, 1.82) is 0 Å². The molecule has 0 aliphatic rings. The number of aliphatic hydroxyl groups is 1. The van der Waals surface area contributed by atoms with E-state index in [1.165, 1.54) is 39.7 Å². The van der Waals surface area contributed by atoms with Gasteiger partial charge in [0.05, 0.1) is 35.5 Å². The topological polar surface area (TPSA) is 165 Å². The maximum atomic E-state index is 13.8. The molecule has 4 N–H and O–H groups in total. The number of benzene rings is 2. The first-order valence-electron chi connectivity index (χ1n) is 15.5. The Bertz CT molecular complexity index is 1550. The molecule has 12 nitrogen and oxygen atoms in total. The van der Waals surface area contributed by atoms with Crippen LogP contribution in [0.5, 0.6) is 0 Å². The number of nitrogens with one attached hydrogen (secondary N) is 2.